The number of carbonyl (C=O) groups excluding carboxylic acids is 1. The van der Waals surface area contributed by atoms with Gasteiger partial charge in [0.2, 0.25) is 0 Å². The minimum absolute atomic E-state index is 0.0792. The molecule has 1 atom stereocenters. The number of aromatic nitrogens is 2. The van der Waals surface area contributed by atoms with Crippen molar-refractivity contribution in [2.45, 2.75) is 58.4 Å². The number of carbonyl (C=O) groups is 1. The molecule has 1 aliphatic heterocycles. The second-order valence-corrected chi connectivity index (χ2v) is 13.3. The van der Waals surface area contributed by atoms with E-state index in [1.807, 2.05) is 23.1 Å². The summed E-state index contributed by atoms with van der Waals surface area (Å²) in [4.78, 5) is 19.3. The van der Waals surface area contributed by atoms with Gasteiger partial charge in [-0.2, -0.15) is 0 Å². The Morgan fingerprint density at radius 2 is 2.08 bits per heavy atom. The quantitative estimate of drug-likeness (QED) is 0.778. The number of amides is 1. The van der Waals surface area contributed by atoms with Crippen LogP contribution in [0.2, 0.25) is 18.1 Å². The van der Waals surface area contributed by atoms with Crippen LogP contribution in [0.4, 0.5) is 0 Å². The number of hydrogen-bond acceptors (Lipinski definition) is 3. The zero-order valence-corrected chi connectivity index (χ0v) is 17.2. The van der Waals surface area contributed by atoms with E-state index in [1.54, 1.807) is 6.20 Å². The number of pyridine rings is 1. The van der Waals surface area contributed by atoms with Crippen LogP contribution in [-0.4, -0.2) is 47.9 Å². The van der Waals surface area contributed by atoms with Crippen molar-refractivity contribution in [1.29, 1.82) is 0 Å². The van der Waals surface area contributed by atoms with Crippen LogP contribution >= 0.6 is 0 Å². The van der Waals surface area contributed by atoms with E-state index in [2.05, 4.69) is 50.3 Å². The highest BCUT2D eigenvalue weighted by Crippen LogP contribution is 2.36. The van der Waals surface area contributed by atoms with Gasteiger partial charge in [-0.15, -0.1) is 0 Å². The summed E-state index contributed by atoms with van der Waals surface area (Å²) in [5, 5.41) is 0.183. The average Bonchev–Trinajstić information content (AvgIpc) is 2.88. The highest BCUT2D eigenvalue weighted by Gasteiger charge is 2.38. The smallest absolute Gasteiger partial charge is 0.270 e. The molecule has 25 heavy (non-hydrogen) atoms. The maximum absolute atomic E-state index is 13.0. The fourth-order valence-electron chi connectivity index (χ4n) is 3.11. The van der Waals surface area contributed by atoms with Crippen molar-refractivity contribution in [2.24, 2.45) is 0 Å². The van der Waals surface area contributed by atoms with Gasteiger partial charge in [0.25, 0.3) is 5.91 Å². The zero-order valence-electron chi connectivity index (χ0n) is 16.2. The van der Waals surface area contributed by atoms with Crippen molar-refractivity contribution >= 4 is 25.3 Å². The summed E-state index contributed by atoms with van der Waals surface area (Å²) in [5.41, 5.74) is 2.66. The van der Waals surface area contributed by atoms with E-state index in [-0.39, 0.29) is 17.0 Å². The summed E-state index contributed by atoms with van der Waals surface area (Å²) in [6.45, 7) is 15.4. The van der Waals surface area contributed by atoms with Gasteiger partial charge < -0.3 is 13.9 Å². The lowest BCUT2D eigenvalue weighted by atomic mass is 10.2. The van der Waals surface area contributed by atoms with Crippen LogP contribution in [0, 0.1) is 0 Å². The lowest BCUT2D eigenvalue weighted by Crippen LogP contribution is -2.49. The first-order valence-electron chi connectivity index (χ1n) is 9.01. The molecule has 3 rings (SSSR count). The molecule has 1 aliphatic rings. The summed E-state index contributed by atoms with van der Waals surface area (Å²) < 4.78 is 8.36. The summed E-state index contributed by atoms with van der Waals surface area (Å²) in [5.74, 6) is 0.0792. The zero-order chi connectivity index (χ0) is 18.4. The van der Waals surface area contributed by atoms with Crippen LogP contribution in [0.3, 0.4) is 0 Å². The maximum Gasteiger partial charge on any atom is 0.270 e. The van der Waals surface area contributed by atoms with Crippen molar-refractivity contribution < 1.29 is 9.22 Å². The second-order valence-electron chi connectivity index (χ2n) is 8.50. The molecule has 0 aliphatic carbocycles. The van der Waals surface area contributed by atoms with E-state index in [0.717, 1.165) is 23.3 Å². The summed E-state index contributed by atoms with van der Waals surface area (Å²) in [6, 6.07) is 6.01. The summed E-state index contributed by atoms with van der Waals surface area (Å²) in [7, 11) is -1.78. The minimum atomic E-state index is -1.78. The molecule has 0 saturated heterocycles. The summed E-state index contributed by atoms with van der Waals surface area (Å²) >= 11 is 0. The average molecular weight is 360 g/mol. The van der Waals surface area contributed by atoms with E-state index >= 15 is 0 Å². The molecule has 1 amide bonds. The Morgan fingerprint density at radius 1 is 1.36 bits per heavy atom. The van der Waals surface area contributed by atoms with Crippen molar-refractivity contribution in [3.8, 4) is 0 Å². The Morgan fingerprint density at radius 3 is 2.76 bits per heavy atom. The standard InChI is InChI=1S/C19H29N3O2Si/c1-14-13-22-16-8-7-9-20-15(16)12-17(22)18(23)21(14)10-11-24-25(5,6)19(2,3)4/h7-9,12,14H,10-11,13H2,1-6H3/t14-/m1/s1. The van der Waals surface area contributed by atoms with E-state index in [4.69, 9.17) is 4.43 Å². The molecule has 0 aromatic carbocycles. The Kier molecular flexibility index (Phi) is 4.53. The fraction of sp³-hybridized carbons (Fsp3) is 0.579. The van der Waals surface area contributed by atoms with E-state index in [1.165, 1.54) is 0 Å². The van der Waals surface area contributed by atoms with Crippen molar-refractivity contribution in [3.05, 3.63) is 30.1 Å². The van der Waals surface area contributed by atoms with Crippen molar-refractivity contribution in [1.82, 2.24) is 14.5 Å². The molecule has 5 nitrogen and oxygen atoms in total. The third kappa shape index (κ3) is 3.25. The molecule has 136 valence electrons. The van der Waals surface area contributed by atoms with Gasteiger partial charge in [-0.1, -0.05) is 20.8 Å². The molecule has 2 aromatic rings. The lowest BCUT2D eigenvalue weighted by Gasteiger charge is -2.38. The van der Waals surface area contributed by atoms with Crippen LogP contribution in [0.5, 0.6) is 0 Å². The first kappa shape index (κ1) is 18.1. The molecule has 0 N–H and O–H groups in total. The first-order valence-corrected chi connectivity index (χ1v) is 11.9. The van der Waals surface area contributed by atoms with Crippen molar-refractivity contribution in [2.75, 3.05) is 13.2 Å². The fourth-order valence-corrected chi connectivity index (χ4v) is 4.14. The number of hydrogen-bond donors (Lipinski definition) is 0. The van der Waals surface area contributed by atoms with Gasteiger partial charge in [0.15, 0.2) is 8.32 Å². The Hall–Kier alpha value is -1.66. The maximum atomic E-state index is 13.0. The largest absolute Gasteiger partial charge is 0.415 e. The predicted octanol–water partition coefficient (Wildman–Crippen LogP) is 3.90. The third-order valence-corrected chi connectivity index (χ3v) is 10.3. The summed E-state index contributed by atoms with van der Waals surface area (Å²) in [6.07, 6.45) is 1.77. The van der Waals surface area contributed by atoms with Gasteiger partial charge in [0, 0.05) is 25.3 Å². The second kappa shape index (κ2) is 6.25. The Balaban J connectivity index is 1.75. The van der Waals surface area contributed by atoms with Gasteiger partial charge in [-0.3, -0.25) is 9.78 Å². The van der Waals surface area contributed by atoms with Gasteiger partial charge in [-0.25, -0.2) is 0 Å². The third-order valence-electron chi connectivity index (χ3n) is 5.73. The van der Waals surface area contributed by atoms with Gasteiger partial charge in [-0.05, 0) is 43.3 Å². The van der Waals surface area contributed by atoms with Crippen LogP contribution in [0.15, 0.2) is 24.4 Å². The molecule has 0 saturated carbocycles. The van der Waals surface area contributed by atoms with Crippen LogP contribution < -0.4 is 0 Å². The first-order chi connectivity index (χ1) is 11.6. The number of fused-ring (bicyclic) bond motifs is 3. The van der Waals surface area contributed by atoms with E-state index < -0.39 is 8.32 Å². The molecule has 0 spiro atoms. The Labute approximate surface area is 151 Å². The molecule has 0 fully saturated rings. The van der Waals surface area contributed by atoms with Gasteiger partial charge >= 0.3 is 0 Å². The molecule has 6 heteroatoms. The SMILES string of the molecule is C[C@@H]1Cn2c(cc3ncccc32)C(=O)N1CCO[Si](C)(C)C(C)(C)C. The normalized spacial score (nSPS) is 18.7. The number of rotatable bonds is 4. The molecule has 2 aromatic heterocycles. The molecule has 3 heterocycles. The highest BCUT2D eigenvalue weighted by atomic mass is 28.4. The van der Waals surface area contributed by atoms with Crippen LogP contribution in [0.25, 0.3) is 11.0 Å². The van der Waals surface area contributed by atoms with Crippen LogP contribution in [-0.2, 0) is 11.0 Å². The van der Waals surface area contributed by atoms with Gasteiger partial charge in [0.05, 0.1) is 17.6 Å². The number of nitrogens with zero attached hydrogens (tertiary/aromatic N) is 3. The molecule has 0 radical (unpaired) electrons. The Bertz CT molecular complexity index is 792. The lowest BCUT2D eigenvalue weighted by molar-refractivity contribution is 0.0577. The molecule has 0 bridgehead atoms. The molecular weight excluding hydrogens is 330 g/mol. The van der Waals surface area contributed by atoms with E-state index in [9.17, 15) is 4.79 Å². The van der Waals surface area contributed by atoms with Gasteiger partial charge in [0.1, 0.15) is 5.69 Å². The molecular formula is C19H29N3O2Si. The van der Waals surface area contributed by atoms with Crippen molar-refractivity contribution in [3.63, 3.8) is 0 Å². The van der Waals surface area contributed by atoms with E-state index in [0.29, 0.717) is 13.2 Å². The molecule has 0 unspecified atom stereocenters. The highest BCUT2D eigenvalue weighted by molar-refractivity contribution is 6.74. The topological polar surface area (TPSA) is 47.4 Å². The predicted molar refractivity (Wildman–Crippen MR) is 103 cm³/mol. The monoisotopic (exact) mass is 359 g/mol. The van der Waals surface area contributed by atoms with Crippen LogP contribution in [0.1, 0.15) is 38.2 Å². The minimum Gasteiger partial charge on any atom is -0.415 e.